The van der Waals surface area contributed by atoms with Gasteiger partial charge in [0.05, 0.1) is 6.54 Å². The zero-order valence-corrected chi connectivity index (χ0v) is 14.8. The molecule has 1 aliphatic rings. The van der Waals surface area contributed by atoms with Crippen LogP contribution in [0, 0.1) is 6.92 Å². The van der Waals surface area contributed by atoms with Gasteiger partial charge in [0.25, 0.3) is 0 Å². The number of ether oxygens (including phenoxy) is 1. The summed E-state index contributed by atoms with van der Waals surface area (Å²) in [6.45, 7) is 5.28. The number of nitrogens with zero attached hydrogens (tertiary/aromatic N) is 3. The van der Waals surface area contributed by atoms with Crippen LogP contribution in [0.2, 0.25) is 0 Å². The lowest BCUT2D eigenvalue weighted by Crippen LogP contribution is -2.57. The molecule has 2 rings (SSSR count). The molecule has 6 nitrogen and oxygen atoms in total. The number of rotatable bonds is 5. The highest BCUT2D eigenvalue weighted by Crippen LogP contribution is 2.25. The molecule has 0 atom stereocenters. The van der Waals surface area contributed by atoms with E-state index in [2.05, 4.69) is 46.5 Å². The first-order valence-electron chi connectivity index (χ1n) is 7.67. The third-order valence-electron chi connectivity index (χ3n) is 4.26. The van der Waals surface area contributed by atoms with Gasteiger partial charge in [-0.05, 0) is 33.9 Å². The largest absolute Gasteiger partial charge is 0.381 e. The number of aryl methyl sites for hydroxylation is 1. The smallest absolute Gasteiger partial charge is 0.191 e. The number of aromatic nitrogens is 1. The minimum Gasteiger partial charge on any atom is -0.381 e. The van der Waals surface area contributed by atoms with Crippen molar-refractivity contribution in [3.8, 4) is 0 Å². The standard InChI is InChI=1S/C15H27N5OS/c1-12-9-17-13(22-12)10-18-14(16-2)19-11-15(20(3)4)5-7-21-8-6-15/h9H,5-8,10-11H2,1-4H3,(H2,16,18,19). The van der Waals surface area contributed by atoms with Crippen molar-refractivity contribution in [3.05, 3.63) is 16.1 Å². The molecule has 2 N–H and O–H groups in total. The van der Waals surface area contributed by atoms with Crippen LogP contribution in [0.4, 0.5) is 0 Å². The molecule has 22 heavy (non-hydrogen) atoms. The van der Waals surface area contributed by atoms with Gasteiger partial charge in [0.1, 0.15) is 5.01 Å². The van der Waals surface area contributed by atoms with Crippen LogP contribution in [0.25, 0.3) is 0 Å². The summed E-state index contributed by atoms with van der Waals surface area (Å²) in [7, 11) is 6.08. The average Bonchev–Trinajstić information content (AvgIpc) is 2.94. The highest BCUT2D eigenvalue weighted by Gasteiger charge is 2.34. The van der Waals surface area contributed by atoms with Crippen molar-refractivity contribution in [2.45, 2.75) is 31.8 Å². The quantitative estimate of drug-likeness (QED) is 0.630. The fourth-order valence-electron chi connectivity index (χ4n) is 2.64. The molecule has 1 fully saturated rings. The second-order valence-corrected chi connectivity index (χ2v) is 7.19. The molecular formula is C15H27N5OS. The van der Waals surface area contributed by atoms with Crippen LogP contribution in [0.5, 0.6) is 0 Å². The first kappa shape index (κ1) is 17.2. The van der Waals surface area contributed by atoms with E-state index in [-0.39, 0.29) is 5.54 Å². The molecule has 1 aromatic heterocycles. The Labute approximate surface area is 137 Å². The Morgan fingerprint density at radius 2 is 2.14 bits per heavy atom. The van der Waals surface area contributed by atoms with Crippen molar-refractivity contribution in [3.63, 3.8) is 0 Å². The second kappa shape index (κ2) is 7.89. The van der Waals surface area contributed by atoms with Crippen LogP contribution in [0.3, 0.4) is 0 Å². The van der Waals surface area contributed by atoms with Gasteiger partial charge in [0.2, 0.25) is 0 Å². The molecule has 1 aromatic rings. The summed E-state index contributed by atoms with van der Waals surface area (Å²) in [5, 5.41) is 7.87. The van der Waals surface area contributed by atoms with Gasteiger partial charge in [-0.2, -0.15) is 0 Å². The Morgan fingerprint density at radius 1 is 1.41 bits per heavy atom. The highest BCUT2D eigenvalue weighted by atomic mass is 32.1. The number of hydrogen-bond donors (Lipinski definition) is 2. The molecule has 124 valence electrons. The van der Waals surface area contributed by atoms with Gasteiger partial charge in [0.15, 0.2) is 5.96 Å². The van der Waals surface area contributed by atoms with E-state index in [1.165, 1.54) is 4.88 Å². The Kier molecular flexibility index (Phi) is 6.16. The molecule has 0 aliphatic carbocycles. The number of aliphatic imine (C=N–C) groups is 1. The summed E-state index contributed by atoms with van der Waals surface area (Å²) in [5.41, 5.74) is 0.133. The first-order chi connectivity index (χ1) is 10.6. The normalized spacial score (nSPS) is 18.5. The van der Waals surface area contributed by atoms with Gasteiger partial charge in [0, 0.05) is 43.4 Å². The minimum atomic E-state index is 0.133. The topological polar surface area (TPSA) is 61.8 Å². The lowest BCUT2D eigenvalue weighted by atomic mass is 9.88. The molecule has 7 heteroatoms. The highest BCUT2D eigenvalue weighted by molar-refractivity contribution is 7.11. The van der Waals surface area contributed by atoms with Crippen LogP contribution < -0.4 is 10.6 Å². The summed E-state index contributed by atoms with van der Waals surface area (Å²) in [4.78, 5) is 12.2. The molecule has 0 aromatic carbocycles. The molecule has 0 bridgehead atoms. The van der Waals surface area contributed by atoms with Gasteiger partial charge in [-0.3, -0.25) is 4.99 Å². The van der Waals surface area contributed by atoms with E-state index in [4.69, 9.17) is 4.74 Å². The van der Waals surface area contributed by atoms with Crippen molar-refractivity contribution >= 4 is 17.3 Å². The van der Waals surface area contributed by atoms with Crippen LogP contribution in [0.1, 0.15) is 22.7 Å². The van der Waals surface area contributed by atoms with Crippen molar-refractivity contribution in [1.82, 2.24) is 20.5 Å². The van der Waals surface area contributed by atoms with E-state index < -0.39 is 0 Å². The van der Waals surface area contributed by atoms with Crippen molar-refractivity contribution in [1.29, 1.82) is 0 Å². The SMILES string of the molecule is CN=C(NCc1ncc(C)s1)NCC1(N(C)C)CCOCC1. The van der Waals surface area contributed by atoms with E-state index in [9.17, 15) is 0 Å². The number of likely N-dealkylation sites (N-methyl/N-ethyl adjacent to an activating group) is 1. The third kappa shape index (κ3) is 4.41. The average molecular weight is 325 g/mol. The Morgan fingerprint density at radius 3 is 2.68 bits per heavy atom. The number of nitrogens with one attached hydrogen (secondary N) is 2. The van der Waals surface area contributed by atoms with Crippen molar-refractivity contribution in [2.24, 2.45) is 4.99 Å². The Hall–Kier alpha value is -1.18. The summed E-state index contributed by atoms with van der Waals surface area (Å²) in [6.07, 6.45) is 3.98. The fraction of sp³-hybridized carbons (Fsp3) is 0.733. The van der Waals surface area contributed by atoms with E-state index in [1.807, 2.05) is 6.20 Å². The molecule has 2 heterocycles. The van der Waals surface area contributed by atoms with Crippen molar-refractivity contribution in [2.75, 3.05) is 40.9 Å². The van der Waals surface area contributed by atoms with E-state index in [0.717, 1.165) is 43.6 Å². The molecule has 0 unspecified atom stereocenters. The Balaban J connectivity index is 1.86. The fourth-order valence-corrected chi connectivity index (χ4v) is 3.37. The molecule has 0 spiro atoms. The summed E-state index contributed by atoms with van der Waals surface area (Å²) < 4.78 is 5.51. The summed E-state index contributed by atoms with van der Waals surface area (Å²) in [6, 6.07) is 0. The number of thiazole rings is 1. The van der Waals surface area contributed by atoms with E-state index >= 15 is 0 Å². The van der Waals surface area contributed by atoms with Gasteiger partial charge >= 0.3 is 0 Å². The number of guanidine groups is 1. The molecular weight excluding hydrogens is 298 g/mol. The van der Waals surface area contributed by atoms with Crippen LogP contribution in [-0.2, 0) is 11.3 Å². The predicted octanol–water partition coefficient (Wildman–Crippen LogP) is 1.23. The van der Waals surface area contributed by atoms with Crippen LogP contribution in [-0.4, -0.2) is 62.3 Å². The maximum absolute atomic E-state index is 5.51. The maximum atomic E-state index is 5.51. The zero-order chi connectivity index (χ0) is 16.0. The second-order valence-electron chi connectivity index (χ2n) is 5.88. The van der Waals surface area contributed by atoms with E-state index in [1.54, 1.807) is 18.4 Å². The van der Waals surface area contributed by atoms with Crippen LogP contribution in [0.15, 0.2) is 11.2 Å². The summed E-state index contributed by atoms with van der Waals surface area (Å²) >= 11 is 1.71. The maximum Gasteiger partial charge on any atom is 0.191 e. The zero-order valence-electron chi connectivity index (χ0n) is 14.0. The number of hydrogen-bond acceptors (Lipinski definition) is 5. The van der Waals surface area contributed by atoms with Gasteiger partial charge in [-0.1, -0.05) is 0 Å². The van der Waals surface area contributed by atoms with E-state index in [0.29, 0.717) is 6.54 Å². The van der Waals surface area contributed by atoms with Gasteiger partial charge in [-0.15, -0.1) is 11.3 Å². The molecule has 1 saturated heterocycles. The lowest BCUT2D eigenvalue weighted by Gasteiger charge is -2.43. The monoisotopic (exact) mass is 325 g/mol. The minimum absolute atomic E-state index is 0.133. The van der Waals surface area contributed by atoms with Crippen molar-refractivity contribution < 1.29 is 4.74 Å². The predicted molar refractivity (Wildman–Crippen MR) is 91.5 cm³/mol. The van der Waals surface area contributed by atoms with Gasteiger partial charge in [-0.25, -0.2) is 4.98 Å². The lowest BCUT2D eigenvalue weighted by molar-refractivity contribution is -0.00501. The Bertz CT molecular complexity index is 494. The summed E-state index contributed by atoms with van der Waals surface area (Å²) in [5.74, 6) is 0.820. The molecule has 0 radical (unpaired) electrons. The first-order valence-corrected chi connectivity index (χ1v) is 8.48. The molecule has 0 saturated carbocycles. The van der Waals surface area contributed by atoms with Gasteiger partial charge < -0.3 is 20.3 Å². The third-order valence-corrected chi connectivity index (χ3v) is 5.17. The molecule has 1 aliphatic heterocycles. The molecule has 0 amide bonds. The van der Waals surface area contributed by atoms with Crippen LogP contribution >= 0.6 is 11.3 Å².